The third-order valence-electron chi connectivity index (χ3n) is 3.05. The van der Waals surface area contributed by atoms with Gasteiger partial charge in [0.05, 0.1) is 0 Å². The summed E-state index contributed by atoms with van der Waals surface area (Å²) in [5.41, 5.74) is 5.44. The van der Waals surface area contributed by atoms with Crippen molar-refractivity contribution in [3.63, 3.8) is 0 Å². The topological polar surface area (TPSA) is 64.9 Å². The first-order valence-electron chi connectivity index (χ1n) is 5.92. The lowest BCUT2D eigenvalue weighted by molar-refractivity contribution is 0.356. The fourth-order valence-corrected chi connectivity index (χ4v) is 2.15. The fourth-order valence-electron chi connectivity index (χ4n) is 2.15. The van der Waals surface area contributed by atoms with Gasteiger partial charge in [0, 0.05) is 12.3 Å². The third kappa shape index (κ3) is 2.78. The summed E-state index contributed by atoms with van der Waals surface area (Å²) in [6.45, 7) is 0.682. The minimum Gasteiger partial charge on any atom is -0.339 e. The molecule has 1 saturated carbocycles. The first-order valence-corrected chi connectivity index (χ1v) is 5.92. The summed E-state index contributed by atoms with van der Waals surface area (Å²) in [5.74, 6) is 2.21. The van der Waals surface area contributed by atoms with Crippen molar-refractivity contribution in [3.05, 3.63) is 11.7 Å². The molecule has 1 aromatic rings. The predicted molar refractivity (Wildman–Crippen MR) is 57.5 cm³/mol. The van der Waals surface area contributed by atoms with Crippen molar-refractivity contribution < 1.29 is 4.52 Å². The van der Waals surface area contributed by atoms with Crippen LogP contribution in [-0.4, -0.2) is 16.7 Å². The molecule has 0 amide bonds. The number of hydrogen-bond acceptors (Lipinski definition) is 4. The SMILES string of the molecule is NCCCc1nc(C2CCCCC2)no1. The van der Waals surface area contributed by atoms with E-state index in [9.17, 15) is 0 Å². The van der Waals surface area contributed by atoms with Crippen LogP contribution in [0.4, 0.5) is 0 Å². The zero-order valence-corrected chi connectivity index (χ0v) is 9.11. The Hall–Kier alpha value is -0.900. The normalized spacial score (nSPS) is 18.2. The van der Waals surface area contributed by atoms with Gasteiger partial charge in [0.15, 0.2) is 5.82 Å². The molecule has 0 aliphatic heterocycles. The van der Waals surface area contributed by atoms with E-state index in [1.807, 2.05) is 0 Å². The Morgan fingerprint density at radius 3 is 2.80 bits per heavy atom. The van der Waals surface area contributed by atoms with Crippen molar-refractivity contribution in [1.29, 1.82) is 0 Å². The Morgan fingerprint density at radius 2 is 2.07 bits per heavy atom. The van der Waals surface area contributed by atoms with E-state index in [2.05, 4.69) is 10.1 Å². The van der Waals surface area contributed by atoms with Crippen LogP contribution in [0.1, 0.15) is 56.2 Å². The first-order chi connectivity index (χ1) is 7.40. The molecule has 0 radical (unpaired) electrons. The molecule has 1 heterocycles. The molecule has 2 N–H and O–H groups in total. The number of aryl methyl sites for hydroxylation is 1. The van der Waals surface area contributed by atoms with Crippen molar-refractivity contribution in [2.24, 2.45) is 5.73 Å². The fraction of sp³-hybridized carbons (Fsp3) is 0.818. The zero-order chi connectivity index (χ0) is 10.5. The molecular weight excluding hydrogens is 190 g/mol. The maximum atomic E-state index is 5.44. The van der Waals surface area contributed by atoms with Gasteiger partial charge in [-0.05, 0) is 25.8 Å². The van der Waals surface area contributed by atoms with Gasteiger partial charge in [-0.25, -0.2) is 0 Å². The summed E-state index contributed by atoms with van der Waals surface area (Å²) in [4.78, 5) is 4.44. The van der Waals surface area contributed by atoms with E-state index in [1.165, 1.54) is 32.1 Å². The summed E-state index contributed by atoms with van der Waals surface area (Å²) in [7, 11) is 0. The summed E-state index contributed by atoms with van der Waals surface area (Å²) >= 11 is 0. The number of rotatable bonds is 4. The third-order valence-corrected chi connectivity index (χ3v) is 3.05. The Labute approximate surface area is 90.2 Å². The molecule has 1 aliphatic rings. The highest BCUT2D eigenvalue weighted by Crippen LogP contribution is 2.30. The molecule has 0 saturated heterocycles. The Balaban J connectivity index is 1.93. The largest absolute Gasteiger partial charge is 0.339 e. The predicted octanol–water partition coefficient (Wildman–Crippen LogP) is 2.01. The molecule has 0 unspecified atom stereocenters. The Bertz CT molecular complexity index is 292. The van der Waals surface area contributed by atoms with Crippen molar-refractivity contribution in [3.8, 4) is 0 Å². The molecule has 84 valence electrons. The van der Waals surface area contributed by atoms with Crippen LogP contribution in [0.25, 0.3) is 0 Å². The van der Waals surface area contributed by atoms with Crippen molar-refractivity contribution in [2.75, 3.05) is 6.54 Å². The molecule has 0 spiro atoms. The standard InChI is InChI=1S/C11H19N3O/c12-8-4-7-10-13-11(14-15-10)9-5-2-1-3-6-9/h9H,1-8,12H2. The van der Waals surface area contributed by atoms with E-state index in [0.29, 0.717) is 12.5 Å². The molecule has 2 rings (SSSR count). The Kier molecular flexibility index (Phi) is 3.72. The lowest BCUT2D eigenvalue weighted by Crippen LogP contribution is -2.06. The van der Waals surface area contributed by atoms with Crippen LogP contribution in [0, 0.1) is 0 Å². The summed E-state index contributed by atoms with van der Waals surface area (Å²) in [6.07, 6.45) is 8.14. The quantitative estimate of drug-likeness (QED) is 0.823. The van der Waals surface area contributed by atoms with Gasteiger partial charge in [-0.15, -0.1) is 0 Å². The highest BCUT2D eigenvalue weighted by molar-refractivity contribution is 4.96. The van der Waals surface area contributed by atoms with Crippen molar-refractivity contribution in [2.45, 2.75) is 50.9 Å². The highest BCUT2D eigenvalue weighted by atomic mass is 16.5. The van der Waals surface area contributed by atoms with Crippen molar-refractivity contribution in [1.82, 2.24) is 10.1 Å². The smallest absolute Gasteiger partial charge is 0.226 e. The van der Waals surface area contributed by atoms with Gasteiger partial charge in [0.1, 0.15) is 0 Å². The van der Waals surface area contributed by atoms with E-state index >= 15 is 0 Å². The van der Waals surface area contributed by atoms with Crippen LogP contribution in [0.3, 0.4) is 0 Å². The van der Waals surface area contributed by atoms with Gasteiger partial charge >= 0.3 is 0 Å². The van der Waals surface area contributed by atoms with Gasteiger partial charge in [0.2, 0.25) is 5.89 Å². The van der Waals surface area contributed by atoms with Crippen LogP contribution in [0.2, 0.25) is 0 Å². The number of nitrogens with zero attached hydrogens (tertiary/aromatic N) is 2. The van der Waals surface area contributed by atoms with Crippen LogP contribution >= 0.6 is 0 Å². The zero-order valence-electron chi connectivity index (χ0n) is 9.11. The molecule has 0 bridgehead atoms. The van der Waals surface area contributed by atoms with Gasteiger partial charge in [-0.2, -0.15) is 4.98 Å². The van der Waals surface area contributed by atoms with Crippen LogP contribution in [-0.2, 0) is 6.42 Å². The number of aromatic nitrogens is 2. The highest BCUT2D eigenvalue weighted by Gasteiger charge is 2.20. The van der Waals surface area contributed by atoms with Gasteiger partial charge in [-0.1, -0.05) is 24.4 Å². The second-order valence-electron chi connectivity index (χ2n) is 4.27. The molecule has 1 aliphatic carbocycles. The monoisotopic (exact) mass is 209 g/mol. The lowest BCUT2D eigenvalue weighted by Gasteiger charge is -2.17. The van der Waals surface area contributed by atoms with Crippen molar-refractivity contribution >= 4 is 0 Å². The summed E-state index contributed by atoms with van der Waals surface area (Å²) < 4.78 is 5.20. The maximum Gasteiger partial charge on any atom is 0.226 e. The van der Waals surface area contributed by atoms with E-state index in [0.717, 1.165) is 24.6 Å². The molecular formula is C11H19N3O. The Morgan fingerprint density at radius 1 is 1.27 bits per heavy atom. The van der Waals surface area contributed by atoms with Crippen LogP contribution in [0.5, 0.6) is 0 Å². The second kappa shape index (κ2) is 5.26. The molecule has 15 heavy (non-hydrogen) atoms. The van der Waals surface area contributed by atoms with Gasteiger partial charge < -0.3 is 10.3 Å². The van der Waals surface area contributed by atoms with E-state index in [-0.39, 0.29) is 0 Å². The van der Waals surface area contributed by atoms with E-state index < -0.39 is 0 Å². The number of hydrogen-bond donors (Lipinski definition) is 1. The van der Waals surface area contributed by atoms with E-state index in [4.69, 9.17) is 10.3 Å². The minimum atomic E-state index is 0.536. The second-order valence-corrected chi connectivity index (χ2v) is 4.27. The van der Waals surface area contributed by atoms with Crippen LogP contribution in [0.15, 0.2) is 4.52 Å². The average Bonchev–Trinajstić information content (AvgIpc) is 2.76. The summed E-state index contributed by atoms with van der Waals surface area (Å²) in [5, 5.41) is 4.07. The molecule has 1 fully saturated rings. The molecule has 0 atom stereocenters. The molecule has 4 nitrogen and oxygen atoms in total. The lowest BCUT2D eigenvalue weighted by atomic mass is 9.89. The molecule has 1 aromatic heterocycles. The van der Waals surface area contributed by atoms with Crippen LogP contribution < -0.4 is 5.73 Å². The van der Waals surface area contributed by atoms with E-state index in [1.54, 1.807) is 0 Å². The van der Waals surface area contributed by atoms with Gasteiger partial charge in [-0.3, -0.25) is 0 Å². The summed E-state index contributed by atoms with van der Waals surface area (Å²) in [6, 6.07) is 0. The molecule has 4 heteroatoms. The maximum absolute atomic E-state index is 5.44. The average molecular weight is 209 g/mol. The minimum absolute atomic E-state index is 0.536. The molecule has 0 aromatic carbocycles. The first kappa shape index (κ1) is 10.6. The number of nitrogens with two attached hydrogens (primary N) is 1. The van der Waals surface area contributed by atoms with Gasteiger partial charge in [0.25, 0.3) is 0 Å².